The van der Waals surface area contributed by atoms with Crippen molar-refractivity contribution < 1.29 is 27.1 Å². The molecule has 0 spiro atoms. The summed E-state index contributed by atoms with van der Waals surface area (Å²) in [4.78, 5) is 25.8. The van der Waals surface area contributed by atoms with Crippen LogP contribution < -0.4 is 5.43 Å². The molecule has 0 saturated heterocycles. The Kier molecular flexibility index (Phi) is 3.71. The molecule has 0 aliphatic rings. The maximum absolute atomic E-state index is 13.3. The van der Waals surface area contributed by atoms with Crippen LogP contribution in [0, 0.1) is 5.82 Å². The number of rotatable bonds is 2. The highest BCUT2D eigenvalue weighted by Gasteiger charge is 2.34. The predicted octanol–water partition coefficient (Wildman–Crippen LogP) is 2.86. The molecule has 1 heterocycles. The number of ether oxygens (including phenoxy) is 1. The van der Waals surface area contributed by atoms with E-state index in [4.69, 9.17) is 0 Å². The van der Waals surface area contributed by atoms with E-state index in [-0.39, 0.29) is 12.7 Å². The van der Waals surface area contributed by atoms with Gasteiger partial charge in [0.1, 0.15) is 11.4 Å². The second kappa shape index (κ2) is 5.19. The normalized spacial score (nSPS) is 11.7. The summed E-state index contributed by atoms with van der Waals surface area (Å²) in [5.41, 5.74) is -3.40. The number of benzene rings is 1. The molecule has 21 heavy (non-hydrogen) atoms. The van der Waals surface area contributed by atoms with Crippen LogP contribution in [0.2, 0.25) is 0 Å². The molecule has 0 atom stereocenters. The van der Waals surface area contributed by atoms with E-state index in [1.807, 2.05) is 0 Å². The monoisotopic (exact) mass is 303 g/mol. The van der Waals surface area contributed by atoms with Crippen molar-refractivity contribution in [3.05, 3.63) is 45.5 Å². The Hall–Kier alpha value is -2.38. The maximum Gasteiger partial charge on any atom is 0.418 e. The highest BCUT2D eigenvalue weighted by atomic mass is 19.4. The number of esters is 1. The predicted molar refractivity (Wildman–Crippen MR) is 65.5 cm³/mol. The van der Waals surface area contributed by atoms with Crippen LogP contribution in [-0.4, -0.2) is 17.6 Å². The van der Waals surface area contributed by atoms with Gasteiger partial charge in [-0.3, -0.25) is 4.79 Å². The average molecular weight is 303 g/mol. The van der Waals surface area contributed by atoms with Crippen molar-refractivity contribution in [3.63, 3.8) is 0 Å². The van der Waals surface area contributed by atoms with E-state index in [1.54, 1.807) is 0 Å². The lowest BCUT2D eigenvalue weighted by Crippen LogP contribution is -2.19. The summed E-state index contributed by atoms with van der Waals surface area (Å²) in [5, 5.41) is -0.562. The number of alkyl halides is 3. The van der Waals surface area contributed by atoms with Crippen LogP contribution in [-0.2, 0) is 10.9 Å². The first-order chi connectivity index (χ1) is 9.75. The number of halogens is 4. The average Bonchev–Trinajstić information content (AvgIpc) is 2.38. The van der Waals surface area contributed by atoms with Crippen molar-refractivity contribution in [1.29, 1.82) is 0 Å². The van der Waals surface area contributed by atoms with E-state index in [0.717, 1.165) is 6.20 Å². The highest BCUT2D eigenvalue weighted by Crippen LogP contribution is 2.33. The van der Waals surface area contributed by atoms with Crippen LogP contribution >= 0.6 is 0 Å². The highest BCUT2D eigenvalue weighted by molar-refractivity contribution is 5.94. The summed E-state index contributed by atoms with van der Waals surface area (Å²) in [6.07, 6.45) is -4.01. The fourth-order valence-electron chi connectivity index (χ4n) is 1.88. The summed E-state index contributed by atoms with van der Waals surface area (Å²) in [6.45, 7) is 1.50. The van der Waals surface area contributed by atoms with Gasteiger partial charge in [-0.1, -0.05) is 0 Å². The Morgan fingerprint density at radius 3 is 2.57 bits per heavy atom. The molecule has 0 aliphatic carbocycles. The molecule has 1 aromatic carbocycles. The lowest BCUT2D eigenvalue weighted by Gasteiger charge is -2.11. The number of aromatic amines is 1. The summed E-state index contributed by atoms with van der Waals surface area (Å²) >= 11 is 0. The first-order valence-corrected chi connectivity index (χ1v) is 5.85. The van der Waals surface area contributed by atoms with Gasteiger partial charge >= 0.3 is 12.1 Å². The minimum absolute atomic E-state index is 0.00668. The van der Waals surface area contributed by atoms with Gasteiger partial charge < -0.3 is 9.72 Å². The third-order valence-electron chi connectivity index (χ3n) is 2.75. The summed E-state index contributed by atoms with van der Waals surface area (Å²) < 4.78 is 56.4. The molecule has 0 saturated carbocycles. The van der Waals surface area contributed by atoms with Gasteiger partial charge in [0.05, 0.1) is 17.7 Å². The van der Waals surface area contributed by atoms with Crippen molar-refractivity contribution in [1.82, 2.24) is 4.98 Å². The largest absolute Gasteiger partial charge is 0.462 e. The third-order valence-corrected chi connectivity index (χ3v) is 2.75. The van der Waals surface area contributed by atoms with Crippen LogP contribution in [0.25, 0.3) is 10.9 Å². The summed E-state index contributed by atoms with van der Waals surface area (Å²) in [5.74, 6) is -2.21. The molecule has 0 bridgehead atoms. The van der Waals surface area contributed by atoms with E-state index in [9.17, 15) is 27.2 Å². The number of carbonyl (C=O) groups is 1. The van der Waals surface area contributed by atoms with Gasteiger partial charge in [0.2, 0.25) is 5.43 Å². The van der Waals surface area contributed by atoms with Gasteiger partial charge in [-0.25, -0.2) is 9.18 Å². The number of fused-ring (bicyclic) bond motifs is 1. The Morgan fingerprint density at radius 2 is 2.00 bits per heavy atom. The first kappa shape index (κ1) is 15.0. The zero-order valence-corrected chi connectivity index (χ0v) is 10.7. The lowest BCUT2D eigenvalue weighted by molar-refractivity contribution is -0.136. The van der Waals surface area contributed by atoms with E-state index in [0.29, 0.717) is 6.07 Å². The standard InChI is InChI=1S/C13H9F4NO3/c1-2-21-12(20)8-5-18-10-7(11(8)19)3-6(14)4-9(10)13(15,16)17/h3-5H,2H2,1H3,(H,18,19). The quantitative estimate of drug-likeness (QED) is 0.685. The van der Waals surface area contributed by atoms with Gasteiger partial charge in [0.25, 0.3) is 0 Å². The number of H-pyrrole nitrogens is 1. The fraction of sp³-hybridized carbons (Fsp3) is 0.231. The molecule has 0 fully saturated rings. The summed E-state index contributed by atoms with van der Waals surface area (Å²) in [7, 11) is 0. The Labute approximate surface area is 115 Å². The summed E-state index contributed by atoms with van der Waals surface area (Å²) in [6, 6.07) is 0.925. The molecule has 1 N–H and O–H groups in total. The second-order valence-corrected chi connectivity index (χ2v) is 4.13. The fourth-order valence-corrected chi connectivity index (χ4v) is 1.88. The number of hydrogen-bond acceptors (Lipinski definition) is 3. The number of aromatic nitrogens is 1. The van der Waals surface area contributed by atoms with Crippen molar-refractivity contribution in [3.8, 4) is 0 Å². The maximum atomic E-state index is 13.3. The number of nitrogens with one attached hydrogen (secondary N) is 1. The van der Waals surface area contributed by atoms with Crippen molar-refractivity contribution >= 4 is 16.9 Å². The number of pyridine rings is 1. The second-order valence-electron chi connectivity index (χ2n) is 4.13. The molecule has 0 unspecified atom stereocenters. The molecule has 0 radical (unpaired) electrons. The number of carbonyl (C=O) groups excluding carboxylic acids is 1. The van der Waals surface area contributed by atoms with Crippen LogP contribution in [0.15, 0.2) is 23.1 Å². The minimum Gasteiger partial charge on any atom is -0.462 e. The Morgan fingerprint density at radius 1 is 1.33 bits per heavy atom. The van der Waals surface area contributed by atoms with E-state index in [2.05, 4.69) is 9.72 Å². The van der Waals surface area contributed by atoms with Gasteiger partial charge in [0.15, 0.2) is 0 Å². The molecule has 8 heteroatoms. The zero-order chi connectivity index (χ0) is 15.8. The molecule has 2 aromatic rings. The molecule has 2 rings (SSSR count). The van der Waals surface area contributed by atoms with Crippen LogP contribution in [0.5, 0.6) is 0 Å². The SMILES string of the molecule is CCOC(=O)c1c[nH]c2c(C(F)(F)F)cc(F)cc2c1=O. The molecule has 112 valence electrons. The molecular formula is C13H9F4NO3. The molecule has 1 aromatic heterocycles. The molecule has 4 nitrogen and oxygen atoms in total. The van der Waals surface area contributed by atoms with Gasteiger partial charge in [-0.2, -0.15) is 13.2 Å². The topological polar surface area (TPSA) is 59.2 Å². The van der Waals surface area contributed by atoms with E-state index < -0.39 is 45.4 Å². The van der Waals surface area contributed by atoms with Crippen molar-refractivity contribution in [2.45, 2.75) is 13.1 Å². The van der Waals surface area contributed by atoms with Crippen molar-refractivity contribution in [2.24, 2.45) is 0 Å². The van der Waals surface area contributed by atoms with Crippen LogP contribution in [0.4, 0.5) is 17.6 Å². The molecule has 0 aliphatic heterocycles. The zero-order valence-electron chi connectivity index (χ0n) is 10.7. The third kappa shape index (κ3) is 2.74. The Bertz CT molecular complexity index is 764. The minimum atomic E-state index is -4.84. The number of hydrogen-bond donors (Lipinski definition) is 1. The van der Waals surface area contributed by atoms with Gasteiger partial charge in [0, 0.05) is 11.6 Å². The smallest absolute Gasteiger partial charge is 0.418 e. The molecular weight excluding hydrogens is 294 g/mol. The van der Waals surface area contributed by atoms with Crippen molar-refractivity contribution in [2.75, 3.05) is 6.61 Å². The van der Waals surface area contributed by atoms with E-state index >= 15 is 0 Å². The van der Waals surface area contributed by atoms with Gasteiger partial charge in [-0.05, 0) is 19.1 Å². The first-order valence-electron chi connectivity index (χ1n) is 5.85. The molecule has 0 amide bonds. The van der Waals surface area contributed by atoms with E-state index in [1.165, 1.54) is 6.92 Å². The lowest BCUT2D eigenvalue weighted by atomic mass is 10.1. The Balaban J connectivity index is 2.78. The van der Waals surface area contributed by atoms with Gasteiger partial charge in [-0.15, -0.1) is 0 Å². The van der Waals surface area contributed by atoms with Crippen LogP contribution in [0.3, 0.4) is 0 Å². The van der Waals surface area contributed by atoms with Crippen LogP contribution in [0.1, 0.15) is 22.8 Å².